The van der Waals surface area contributed by atoms with Gasteiger partial charge in [-0.05, 0) is 61.7 Å². The van der Waals surface area contributed by atoms with Gasteiger partial charge in [0.25, 0.3) is 0 Å². The molecule has 0 aromatic heterocycles. The molecule has 0 aromatic carbocycles. The molecule has 0 amide bonds. The quantitative estimate of drug-likeness (QED) is 0.723. The van der Waals surface area contributed by atoms with Crippen molar-refractivity contribution in [2.45, 2.75) is 77.4 Å². The molecule has 4 saturated carbocycles. The van der Waals surface area contributed by atoms with E-state index in [0.29, 0.717) is 30.0 Å². The molecule has 8 atom stereocenters. The van der Waals surface area contributed by atoms with Crippen molar-refractivity contribution in [3.05, 3.63) is 0 Å². The normalized spacial score (nSPS) is 57.9. The van der Waals surface area contributed by atoms with Gasteiger partial charge in [0.05, 0.1) is 12.2 Å². The summed E-state index contributed by atoms with van der Waals surface area (Å²) in [6.07, 6.45) is 7.16. The summed E-state index contributed by atoms with van der Waals surface area (Å²) in [5.74, 6) is 1.76. The molecule has 4 aliphatic rings. The first-order valence-electron chi connectivity index (χ1n) is 9.27. The van der Waals surface area contributed by atoms with Crippen LogP contribution in [0.4, 0.5) is 0 Å². The van der Waals surface area contributed by atoms with Crippen molar-refractivity contribution in [3.8, 4) is 0 Å². The van der Waals surface area contributed by atoms with Crippen molar-refractivity contribution in [1.82, 2.24) is 0 Å². The highest BCUT2D eigenvalue weighted by atomic mass is 16.3. The van der Waals surface area contributed by atoms with Gasteiger partial charge in [0.15, 0.2) is 0 Å². The van der Waals surface area contributed by atoms with E-state index in [0.717, 1.165) is 44.9 Å². The molecule has 0 bridgehead atoms. The lowest BCUT2D eigenvalue weighted by Crippen LogP contribution is -2.59. The van der Waals surface area contributed by atoms with E-state index in [-0.39, 0.29) is 29.0 Å². The predicted molar refractivity (Wildman–Crippen MR) is 84.1 cm³/mol. The second kappa shape index (κ2) is 4.80. The number of carbonyl (C=O) groups is 1. The van der Waals surface area contributed by atoms with E-state index >= 15 is 0 Å². The molecule has 3 heteroatoms. The number of hydrogen-bond acceptors (Lipinski definition) is 3. The summed E-state index contributed by atoms with van der Waals surface area (Å²) in [6.45, 7) is 4.43. The molecule has 3 nitrogen and oxygen atoms in total. The largest absolute Gasteiger partial charge is 0.393 e. The van der Waals surface area contributed by atoms with Crippen LogP contribution >= 0.6 is 0 Å². The fourth-order valence-electron chi connectivity index (χ4n) is 7.18. The van der Waals surface area contributed by atoms with Gasteiger partial charge in [-0.3, -0.25) is 4.79 Å². The number of carbonyl (C=O) groups excluding carboxylic acids is 1. The third-order valence-corrected chi connectivity index (χ3v) is 8.25. The third-order valence-electron chi connectivity index (χ3n) is 8.25. The number of hydrogen-bond donors (Lipinski definition) is 2. The van der Waals surface area contributed by atoms with Gasteiger partial charge in [-0.25, -0.2) is 0 Å². The van der Waals surface area contributed by atoms with Gasteiger partial charge in [0.2, 0.25) is 0 Å². The zero-order chi connectivity index (χ0) is 15.7. The van der Waals surface area contributed by atoms with E-state index in [1.165, 1.54) is 0 Å². The van der Waals surface area contributed by atoms with E-state index in [9.17, 15) is 15.0 Å². The van der Waals surface area contributed by atoms with Gasteiger partial charge in [-0.2, -0.15) is 0 Å². The Bertz CT molecular complexity index is 489. The number of rotatable bonds is 0. The first-order valence-corrected chi connectivity index (χ1v) is 9.27. The summed E-state index contributed by atoms with van der Waals surface area (Å²) >= 11 is 0. The van der Waals surface area contributed by atoms with E-state index in [1.807, 2.05) is 0 Å². The predicted octanol–water partition coefficient (Wildman–Crippen LogP) is 2.93. The zero-order valence-electron chi connectivity index (χ0n) is 13.9. The molecule has 0 heterocycles. The van der Waals surface area contributed by atoms with Gasteiger partial charge < -0.3 is 10.2 Å². The molecule has 4 aliphatic carbocycles. The van der Waals surface area contributed by atoms with E-state index in [1.54, 1.807) is 0 Å². The fraction of sp³-hybridized carbons (Fsp3) is 0.947. The fourth-order valence-corrected chi connectivity index (χ4v) is 7.18. The Labute approximate surface area is 133 Å². The van der Waals surface area contributed by atoms with Crippen molar-refractivity contribution in [1.29, 1.82) is 0 Å². The molecule has 2 N–H and O–H groups in total. The molecule has 22 heavy (non-hydrogen) atoms. The summed E-state index contributed by atoms with van der Waals surface area (Å²) in [4.78, 5) is 13.1. The molecule has 0 spiro atoms. The molecule has 4 fully saturated rings. The number of aliphatic hydroxyl groups excluding tert-OH is 2. The number of aliphatic hydroxyl groups is 2. The van der Waals surface area contributed by atoms with E-state index in [2.05, 4.69) is 13.8 Å². The molecule has 8 unspecified atom stereocenters. The van der Waals surface area contributed by atoms with Crippen molar-refractivity contribution in [2.24, 2.45) is 34.5 Å². The average molecular weight is 306 g/mol. The summed E-state index contributed by atoms with van der Waals surface area (Å²) < 4.78 is 0. The monoisotopic (exact) mass is 306 g/mol. The van der Waals surface area contributed by atoms with Crippen molar-refractivity contribution in [3.63, 3.8) is 0 Å². The molecule has 0 aliphatic heterocycles. The minimum Gasteiger partial charge on any atom is -0.393 e. The first kappa shape index (κ1) is 15.1. The van der Waals surface area contributed by atoms with Crippen LogP contribution in [0.1, 0.15) is 65.2 Å². The molecule has 0 radical (unpaired) electrons. The van der Waals surface area contributed by atoms with Crippen LogP contribution in [0.25, 0.3) is 0 Å². The Hall–Kier alpha value is -0.410. The van der Waals surface area contributed by atoms with Gasteiger partial charge in [0.1, 0.15) is 5.78 Å². The Balaban J connectivity index is 1.72. The Morgan fingerprint density at radius 3 is 2.45 bits per heavy atom. The van der Waals surface area contributed by atoms with Crippen LogP contribution in [0.3, 0.4) is 0 Å². The van der Waals surface area contributed by atoms with Crippen LogP contribution in [0, 0.1) is 34.5 Å². The maximum absolute atomic E-state index is 13.1. The van der Waals surface area contributed by atoms with Crippen molar-refractivity contribution < 1.29 is 15.0 Å². The number of Topliss-reactive ketones (excluding diaryl/α,β-unsaturated/α-hetero) is 1. The summed E-state index contributed by atoms with van der Waals surface area (Å²) in [5.41, 5.74) is -0.193. The summed E-state index contributed by atoms with van der Waals surface area (Å²) in [7, 11) is 0. The Kier molecular flexibility index (Phi) is 3.30. The highest BCUT2D eigenvalue weighted by Crippen LogP contribution is 2.65. The minimum absolute atomic E-state index is 0.00740. The highest BCUT2D eigenvalue weighted by Gasteiger charge is 2.63. The minimum atomic E-state index is -0.301. The van der Waals surface area contributed by atoms with Crippen LogP contribution in [0.5, 0.6) is 0 Å². The lowest BCUT2D eigenvalue weighted by atomic mass is 9.44. The molecule has 0 saturated heterocycles. The first-order chi connectivity index (χ1) is 10.4. The van der Waals surface area contributed by atoms with Crippen molar-refractivity contribution >= 4 is 5.78 Å². The molecular formula is C19H30O3. The third kappa shape index (κ3) is 1.78. The second-order valence-corrected chi connectivity index (χ2v) is 9.14. The number of ketones is 1. The summed E-state index contributed by atoms with van der Waals surface area (Å²) in [6, 6.07) is 0. The highest BCUT2D eigenvalue weighted by molar-refractivity contribution is 5.84. The van der Waals surface area contributed by atoms with Crippen LogP contribution in [0.15, 0.2) is 0 Å². The van der Waals surface area contributed by atoms with Crippen LogP contribution in [-0.4, -0.2) is 28.2 Å². The van der Waals surface area contributed by atoms with Gasteiger partial charge in [-0.15, -0.1) is 0 Å². The molecule has 124 valence electrons. The topological polar surface area (TPSA) is 57.5 Å². The SMILES string of the molecule is CC12CC(=O)C3C(CCC4C(O)CCCC43C)C1CCC2O. The molecule has 0 aromatic rings. The van der Waals surface area contributed by atoms with E-state index < -0.39 is 0 Å². The van der Waals surface area contributed by atoms with Gasteiger partial charge in [-0.1, -0.05) is 20.3 Å². The maximum Gasteiger partial charge on any atom is 0.137 e. The van der Waals surface area contributed by atoms with Gasteiger partial charge >= 0.3 is 0 Å². The average Bonchev–Trinajstić information content (AvgIpc) is 2.73. The Morgan fingerprint density at radius 2 is 1.68 bits per heavy atom. The molecule has 4 rings (SSSR count). The maximum atomic E-state index is 13.1. The van der Waals surface area contributed by atoms with Crippen LogP contribution in [-0.2, 0) is 4.79 Å². The second-order valence-electron chi connectivity index (χ2n) is 9.14. The van der Waals surface area contributed by atoms with Crippen LogP contribution < -0.4 is 0 Å². The zero-order valence-corrected chi connectivity index (χ0v) is 13.9. The standard InChI is InChI=1S/C19H30O3/c1-18-9-3-4-14(20)13(18)6-5-11-12-7-8-16(22)19(12,2)10-15(21)17(11)18/h11-14,16-17,20,22H,3-10H2,1-2H3. The van der Waals surface area contributed by atoms with E-state index in [4.69, 9.17) is 0 Å². The number of fused-ring (bicyclic) bond motifs is 5. The lowest BCUT2D eigenvalue weighted by Gasteiger charge is -2.59. The lowest BCUT2D eigenvalue weighted by molar-refractivity contribution is -0.169. The molecular weight excluding hydrogens is 276 g/mol. The van der Waals surface area contributed by atoms with Crippen molar-refractivity contribution in [2.75, 3.05) is 0 Å². The van der Waals surface area contributed by atoms with Gasteiger partial charge in [0, 0.05) is 17.8 Å². The Morgan fingerprint density at radius 1 is 0.955 bits per heavy atom. The summed E-state index contributed by atoms with van der Waals surface area (Å²) in [5, 5.41) is 20.9. The van der Waals surface area contributed by atoms with Crippen LogP contribution in [0.2, 0.25) is 0 Å². The smallest absolute Gasteiger partial charge is 0.137 e.